The monoisotopic (exact) mass is 521 g/mol. The second kappa shape index (κ2) is 9.68. The molecule has 2 aromatic carbocycles. The maximum Gasteiger partial charge on any atom is 0.342 e. The number of ether oxygens (including phenoxy) is 5. The molecule has 3 heterocycles. The van der Waals surface area contributed by atoms with Crippen molar-refractivity contribution in [1.29, 1.82) is 0 Å². The van der Waals surface area contributed by atoms with Crippen LogP contribution in [-0.2, 0) is 21.7 Å². The molecule has 5 rings (SSSR count). The minimum absolute atomic E-state index is 0.151. The van der Waals surface area contributed by atoms with E-state index in [1.165, 1.54) is 28.4 Å². The number of carbonyl (C=O) groups excluding carboxylic acids is 1. The van der Waals surface area contributed by atoms with Gasteiger partial charge in [-0.1, -0.05) is 12.1 Å². The Morgan fingerprint density at radius 2 is 1.65 bits per heavy atom. The smallest absolute Gasteiger partial charge is 0.342 e. The van der Waals surface area contributed by atoms with Crippen molar-refractivity contribution < 1.29 is 33.6 Å². The molecule has 2 aromatic heterocycles. The van der Waals surface area contributed by atoms with E-state index in [-0.39, 0.29) is 17.6 Å². The number of methoxy groups -OCH3 is 4. The number of benzene rings is 2. The van der Waals surface area contributed by atoms with Gasteiger partial charge >= 0.3 is 5.97 Å². The molecule has 1 aliphatic rings. The number of nitrogens with zero attached hydrogens (tertiary/aromatic N) is 3. The Kier molecular flexibility index (Phi) is 6.40. The molecule has 0 bridgehead atoms. The summed E-state index contributed by atoms with van der Waals surface area (Å²) >= 11 is 1.08. The molecule has 0 aliphatic carbocycles. The van der Waals surface area contributed by atoms with E-state index in [1.54, 1.807) is 42.6 Å². The molecule has 0 spiro atoms. The first-order valence-corrected chi connectivity index (χ1v) is 11.9. The molecular formula is C26H23N3O7S. The van der Waals surface area contributed by atoms with Gasteiger partial charge < -0.3 is 28.8 Å². The van der Waals surface area contributed by atoms with Gasteiger partial charge in [-0.25, -0.2) is 9.78 Å². The van der Waals surface area contributed by atoms with E-state index in [4.69, 9.17) is 23.7 Å². The predicted octanol–water partition coefficient (Wildman–Crippen LogP) is 3.52. The van der Waals surface area contributed by atoms with E-state index in [1.807, 2.05) is 6.07 Å². The van der Waals surface area contributed by atoms with Crippen molar-refractivity contribution in [3.05, 3.63) is 70.9 Å². The third-order valence-electron chi connectivity index (χ3n) is 6.14. The molecule has 0 saturated carbocycles. The number of rotatable bonds is 8. The highest BCUT2D eigenvalue weighted by Gasteiger charge is 2.49. The predicted molar refractivity (Wildman–Crippen MR) is 135 cm³/mol. The first kappa shape index (κ1) is 24.5. The Labute approximate surface area is 216 Å². The lowest BCUT2D eigenvalue weighted by Crippen LogP contribution is -2.30. The minimum atomic E-state index is -2.13. The first-order chi connectivity index (χ1) is 17.9. The standard InChI is InChI=1S/C26H23N3O7S/c1-32-20-11-16(12-21(33-2)24(20)35-4)26(31)17(9-14-5-8-22(34-3)27-13-14)23(25(30)36-26)15-6-7-18-19(10-15)29-37-28-18/h5-8,10-13,31H,9H2,1-4H3. The number of pyridine rings is 1. The van der Waals surface area contributed by atoms with E-state index < -0.39 is 11.8 Å². The summed E-state index contributed by atoms with van der Waals surface area (Å²) in [6.45, 7) is 0. The molecule has 1 atom stereocenters. The number of aliphatic hydroxyl groups is 1. The highest BCUT2D eigenvalue weighted by Crippen LogP contribution is 2.49. The Morgan fingerprint density at radius 3 is 2.27 bits per heavy atom. The number of cyclic esters (lactones) is 1. The summed E-state index contributed by atoms with van der Waals surface area (Å²) < 4.78 is 35.7. The maximum absolute atomic E-state index is 13.4. The van der Waals surface area contributed by atoms with Crippen molar-refractivity contribution in [3.63, 3.8) is 0 Å². The summed E-state index contributed by atoms with van der Waals surface area (Å²) in [4.78, 5) is 17.6. The number of fused-ring (bicyclic) bond motifs is 1. The highest BCUT2D eigenvalue weighted by atomic mass is 32.1. The molecule has 4 aromatic rings. The van der Waals surface area contributed by atoms with Gasteiger partial charge in [0.2, 0.25) is 11.6 Å². The molecule has 1 N–H and O–H groups in total. The number of hydrogen-bond acceptors (Lipinski definition) is 11. The van der Waals surface area contributed by atoms with E-state index in [9.17, 15) is 9.90 Å². The zero-order valence-electron chi connectivity index (χ0n) is 20.5. The molecule has 1 unspecified atom stereocenters. The summed E-state index contributed by atoms with van der Waals surface area (Å²) in [5, 5.41) is 12.0. The van der Waals surface area contributed by atoms with Crippen molar-refractivity contribution in [1.82, 2.24) is 13.7 Å². The van der Waals surface area contributed by atoms with Gasteiger partial charge in [0.15, 0.2) is 11.5 Å². The van der Waals surface area contributed by atoms with Crippen molar-refractivity contribution in [3.8, 4) is 23.1 Å². The largest absolute Gasteiger partial charge is 0.493 e. The summed E-state index contributed by atoms with van der Waals surface area (Å²) in [6, 6.07) is 11.9. The SMILES string of the molecule is COc1ccc(CC2=C(c3ccc4nsnc4c3)C(=O)OC2(O)c2cc(OC)c(OC)c(OC)c2)cn1. The highest BCUT2D eigenvalue weighted by molar-refractivity contribution is 7.00. The quantitative estimate of drug-likeness (QED) is 0.345. The second-order valence-electron chi connectivity index (χ2n) is 8.15. The fraction of sp³-hybridized carbons (Fsp3) is 0.231. The van der Waals surface area contributed by atoms with Gasteiger partial charge in [0.1, 0.15) is 11.0 Å². The van der Waals surface area contributed by atoms with Gasteiger partial charge in [-0.05, 0) is 35.4 Å². The van der Waals surface area contributed by atoms with Gasteiger partial charge in [-0.3, -0.25) is 0 Å². The second-order valence-corrected chi connectivity index (χ2v) is 8.68. The van der Waals surface area contributed by atoms with Gasteiger partial charge in [0, 0.05) is 29.8 Å². The van der Waals surface area contributed by atoms with E-state index in [0.717, 1.165) is 17.3 Å². The van der Waals surface area contributed by atoms with Gasteiger partial charge in [0.25, 0.3) is 5.79 Å². The molecule has 1 aliphatic heterocycles. The Balaban J connectivity index is 1.72. The molecular weight excluding hydrogens is 498 g/mol. The molecule has 190 valence electrons. The van der Waals surface area contributed by atoms with Crippen LogP contribution in [0.15, 0.2) is 54.2 Å². The Bertz CT molecular complexity index is 1490. The van der Waals surface area contributed by atoms with Crippen LogP contribution < -0.4 is 18.9 Å². The van der Waals surface area contributed by atoms with Crippen molar-refractivity contribution in [2.45, 2.75) is 12.2 Å². The van der Waals surface area contributed by atoms with Crippen LogP contribution in [0.3, 0.4) is 0 Å². The summed E-state index contributed by atoms with van der Waals surface area (Å²) in [5.41, 5.74) is 3.40. The fourth-order valence-corrected chi connectivity index (χ4v) is 4.84. The molecule has 0 fully saturated rings. The lowest BCUT2D eigenvalue weighted by Gasteiger charge is -2.27. The van der Waals surface area contributed by atoms with Gasteiger partial charge in [-0.15, -0.1) is 0 Å². The van der Waals surface area contributed by atoms with Crippen molar-refractivity contribution in [2.24, 2.45) is 0 Å². The molecule has 37 heavy (non-hydrogen) atoms. The van der Waals surface area contributed by atoms with Crippen molar-refractivity contribution >= 4 is 34.3 Å². The van der Waals surface area contributed by atoms with Crippen LogP contribution in [-0.4, -0.2) is 53.2 Å². The van der Waals surface area contributed by atoms with E-state index >= 15 is 0 Å². The fourth-order valence-electron chi connectivity index (χ4n) is 4.33. The van der Waals surface area contributed by atoms with Crippen LogP contribution in [0, 0.1) is 0 Å². The van der Waals surface area contributed by atoms with Crippen LogP contribution in [0.2, 0.25) is 0 Å². The minimum Gasteiger partial charge on any atom is -0.493 e. The zero-order chi connectivity index (χ0) is 26.2. The van der Waals surface area contributed by atoms with Crippen LogP contribution in [0.4, 0.5) is 0 Å². The lowest BCUT2D eigenvalue weighted by molar-refractivity contribution is -0.185. The number of carbonyl (C=O) groups is 1. The maximum atomic E-state index is 13.4. The topological polar surface area (TPSA) is 122 Å². The van der Waals surface area contributed by atoms with Gasteiger partial charge in [-0.2, -0.15) is 8.75 Å². The summed E-state index contributed by atoms with van der Waals surface area (Å²) in [7, 11) is 5.94. The average molecular weight is 522 g/mol. The average Bonchev–Trinajstić information content (AvgIpc) is 3.49. The van der Waals surface area contributed by atoms with Crippen LogP contribution in [0.25, 0.3) is 16.6 Å². The van der Waals surface area contributed by atoms with Gasteiger partial charge in [0.05, 0.1) is 45.7 Å². The zero-order valence-corrected chi connectivity index (χ0v) is 21.3. The summed E-state index contributed by atoms with van der Waals surface area (Å²) in [6.07, 6.45) is 1.77. The number of esters is 1. The third kappa shape index (κ3) is 4.21. The molecule has 0 saturated heterocycles. The number of hydrogen-bond donors (Lipinski definition) is 1. The first-order valence-electron chi connectivity index (χ1n) is 11.1. The Morgan fingerprint density at radius 1 is 0.919 bits per heavy atom. The van der Waals surface area contributed by atoms with Crippen LogP contribution in [0.5, 0.6) is 23.1 Å². The Hall–Kier alpha value is -4.22. The van der Waals surface area contributed by atoms with E-state index in [2.05, 4.69) is 13.7 Å². The number of aromatic nitrogens is 3. The normalized spacial score (nSPS) is 17.2. The lowest BCUT2D eigenvalue weighted by atomic mass is 9.88. The van der Waals surface area contributed by atoms with Crippen LogP contribution in [0.1, 0.15) is 16.7 Å². The molecule has 11 heteroatoms. The molecule has 0 radical (unpaired) electrons. The van der Waals surface area contributed by atoms with E-state index in [0.29, 0.717) is 45.3 Å². The third-order valence-corrected chi connectivity index (χ3v) is 6.70. The summed E-state index contributed by atoms with van der Waals surface area (Å²) in [5.74, 6) is -1.43. The molecule has 0 amide bonds. The van der Waals surface area contributed by atoms with Crippen molar-refractivity contribution in [2.75, 3.05) is 28.4 Å². The van der Waals surface area contributed by atoms with Crippen LogP contribution >= 0.6 is 11.7 Å². The molecule has 10 nitrogen and oxygen atoms in total.